The molecule has 3 aromatic heterocycles. The van der Waals surface area contributed by atoms with Gasteiger partial charge in [0.25, 0.3) is 0 Å². The zero-order chi connectivity index (χ0) is 17.6. The molecule has 0 aromatic carbocycles. The Balaban J connectivity index is 1.86. The molecule has 0 radical (unpaired) electrons. The van der Waals surface area contributed by atoms with Crippen LogP contribution >= 0.6 is 0 Å². The second kappa shape index (κ2) is 5.80. The van der Waals surface area contributed by atoms with Gasteiger partial charge in [-0.1, -0.05) is 6.07 Å². The molecular weight excluding hydrogens is 340 g/mol. The van der Waals surface area contributed by atoms with Crippen LogP contribution in [0.4, 0.5) is 0 Å². The van der Waals surface area contributed by atoms with Gasteiger partial charge in [0.1, 0.15) is 17.2 Å². The van der Waals surface area contributed by atoms with Gasteiger partial charge in [0, 0.05) is 6.20 Å². The van der Waals surface area contributed by atoms with Gasteiger partial charge in [-0.2, -0.15) is 0 Å². The highest BCUT2D eigenvalue weighted by molar-refractivity contribution is 7.91. The van der Waals surface area contributed by atoms with E-state index in [2.05, 4.69) is 15.1 Å². The van der Waals surface area contributed by atoms with Gasteiger partial charge in [-0.3, -0.25) is 4.98 Å². The molecule has 25 heavy (non-hydrogen) atoms. The van der Waals surface area contributed by atoms with Crippen molar-refractivity contribution in [2.24, 2.45) is 0 Å². The minimum Gasteiger partial charge on any atom is -0.466 e. The van der Waals surface area contributed by atoms with E-state index in [4.69, 9.17) is 4.42 Å². The van der Waals surface area contributed by atoms with Gasteiger partial charge in [-0.05, 0) is 38.5 Å². The fraction of sp³-hybridized carbons (Fsp3) is 0.353. The molecule has 130 valence electrons. The molecule has 4 rings (SSSR count). The van der Waals surface area contributed by atoms with E-state index in [1.54, 1.807) is 10.9 Å². The van der Waals surface area contributed by atoms with Crippen molar-refractivity contribution in [3.8, 4) is 22.9 Å². The highest BCUT2D eigenvalue weighted by atomic mass is 32.2. The summed E-state index contributed by atoms with van der Waals surface area (Å²) in [6, 6.07) is 7.22. The van der Waals surface area contributed by atoms with Crippen LogP contribution in [0.1, 0.15) is 24.0 Å². The fourth-order valence-corrected chi connectivity index (χ4v) is 4.88. The molecule has 0 unspecified atom stereocenters. The molecule has 1 aliphatic heterocycles. The lowest BCUT2D eigenvalue weighted by atomic mass is 10.2. The minimum absolute atomic E-state index is 0.0842. The summed E-state index contributed by atoms with van der Waals surface area (Å²) >= 11 is 0. The number of nitrogens with zero attached hydrogens (tertiary/aromatic N) is 4. The zero-order valence-electron chi connectivity index (χ0n) is 14.0. The van der Waals surface area contributed by atoms with E-state index in [1.807, 2.05) is 38.1 Å². The largest absolute Gasteiger partial charge is 0.466 e. The normalized spacial score (nSPS) is 19.4. The third kappa shape index (κ3) is 2.97. The summed E-state index contributed by atoms with van der Waals surface area (Å²) in [4.78, 5) is 8.95. The van der Waals surface area contributed by atoms with Crippen molar-refractivity contribution in [2.45, 2.75) is 26.3 Å². The van der Waals surface area contributed by atoms with E-state index in [0.717, 1.165) is 17.1 Å². The van der Waals surface area contributed by atoms with E-state index in [0.29, 0.717) is 23.8 Å². The van der Waals surface area contributed by atoms with Crippen LogP contribution < -0.4 is 0 Å². The number of furan rings is 1. The van der Waals surface area contributed by atoms with Crippen LogP contribution in [-0.2, 0) is 9.84 Å². The van der Waals surface area contributed by atoms with Crippen molar-refractivity contribution < 1.29 is 12.8 Å². The first kappa shape index (κ1) is 16.0. The van der Waals surface area contributed by atoms with E-state index < -0.39 is 9.84 Å². The molecule has 1 fully saturated rings. The molecule has 3 aromatic rings. The summed E-state index contributed by atoms with van der Waals surface area (Å²) in [5, 5.41) is 4.59. The van der Waals surface area contributed by atoms with E-state index >= 15 is 0 Å². The predicted molar refractivity (Wildman–Crippen MR) is 92.7 cm³/mol. The summed E-state index contributed by atoms with van der Waals surface area (Å²) in [7, 11) is -3.03. The molecular formula is C17H18N4O3S. The second-order valence-electron chi connectivity index (χ2n) is 6.30. The number of sulfone groups is 1. The quantitative estimate of drug-likeness (QED) is 0.715. The molecule has 0 saturated carbocycles. The Labute approximate surface area is 145 Å². The van der Waals surface area contributed by atoms with Gasteiger partial charge >= 0.3 is 0 Å². The Morgan fingerprint density at radius 2 is 2.12 bits per heavy atom. The Morgan fingerprint density at radius 3 is 2.72 bits per heavy atom. The lowest BCUT2D eigenvalue weighted by Crippen LogP contribution is -2.14. The molecule has 1 saturated heterocycles. The lowest BCUT2D eigenvalue weighted by Gasteiger charge is -2.11. The highest BCUT2D eigenvalue weighted by Crippen LogP contribution is 2.32. The Bertz CT molecular complexity index is 1020. The molecule has 0 spiro atoms. The van der Waals surface area contributed by atoms with Crippen LogP contribution in [0.3, 0.4) is 0 Å². The van der Waals surface area contributed by atoms with Gasteiger partial charge in [0.05, 0.1) is 23.1 Å². The summed E-state index contributed by atoms with van der Waals surface area (Å²) < 4.78 is 31.2. The third-order valence-electron chi connectivity index (χ3n) is 4.36. The second-order valence-corrected chi connectivity index (χ2v) is 8.53. The smallest absolute Gasteiger partial charge is 0.200 e. The van der Waals surface area contributed by atoms with Gasteiger partial charge < -0.3 is 4.42 Å². The summed E-state index contributed by atoms with van der Waals surface area (Å²) in [6.45, 7) is 3.74. The fourth-order valence-electron chi connectivity index (χ4n) is 3.19. The molecule has 0 bridgehead atoms. The predicted octanol–water partition coefficient (Wildman–Crippen LogP) is 2.58. The SMILES string of the molecule is Cc1cc(-c2nc(-c3ccccn3)nn2[C@H]2CCS(=O)(=O)C2)c(C)o1. The first-order valence-electron chi connectivity index (χ1n) is 8.09. The van der Waals surface area contributed by atoms with Gasteiger partial charge in [0.15, 0.2) is 21.5 Å². The summed E-state index contributed by atoms with van der Waals surface area (Å²) in [5.74, 6) is 2.88. The van der Waals surface area contributed by atoms with Crippen LogP contribution in [0.2, 0.25) is 0 Å². The summed E-state index contributed by atoms with van der Waals surface area (Å²) in [5.41, 5.74) is 1.48. The van der Waals surface area contributed by atoms with E-state index in [9.17, 15) is 8.42 Å². The molecule has 0 aliphatic carbocycles. The van der Waals surface area contributed by atoms with E-state index in [1.165, 1.54) is 0 Å². The maximum atomic E-state index is 11.9. The minimum atomic E-state index is -3.03. The Morgan fingerprint density at radius 1 is 1.28 bits per heavy atom. The highest BCUT2D eigenvalue weighted by Gasteiger charge is 2.33. The number of pyridine rings is 1. The lowest BCUT2D eigenvalue weighted by molar-refractivity contribution is 0.496. The van der Waals surface area contributed by atoms with Crippen molar-refractivity contribution in [3.05, 3.63) is 42.0 Å². The van der Waals surface area contributed by atoms with Crippen molar-refractivity contribution in [1.82, 2.24) is 19.7 Å². The molecule has 1 atom stereocenters. The third-order valence-corrected chi connectivity index (χ3v) is 6.11. The van der Waals surface area contributed by atoms with Gasteiger partial charge in [0.2, 0.25) is 0 Å². The van der Waals surface area contributed by atoms with Gasteiger partial charge in [-0.25, -0.2) is 18.1 Å². The van der Waals surface area contributed by atoms with Crippen molar-refractivity contribution >= 4 is 9.84 Å². The standard InChI is InChI=1S/C17H18N4O3S/c1-11-9-14(12(2)24-11)17-19-16(15-5-3-4-7-18-15)20-21(17)13-6-8-25(22,23)10-13/h3-5,7,9,13H,6,8,10H2,1-2H3/t13-/m0/s1. The average molecular weight is 358 g/mol. The molecule has 7 nitrogen and oxygen atoms in total. The van der Waals surface area contributed by atoms with Gasteiger partial charge in [-0.15, -0.1) is 5.10 Å². The summed E-state index contributed by atoms with van der Waals surface area (Å²) in [6.07, 6.45) is 2.22. The topological polar surface area (TPSA) is 90.9 Å². The van der Waals surface area contributed by atoms with Crippen molar-refractivity contribution in [2.75, 3.05) is 11.5 Å². The number of aromatic nitrogens is 4. The number of hydrogen-bond acceptors (Lipinski definition) is 6. The van der Waals surface area contributed by atoms with Crippen LogP contribution in [0.25, 0.3) is 22.9 Å². The monoisotopic (exact) mass is 358 g/mol. The van der Waals surface area contributed by atoms with E-state index in [-0.39, 0.29) is 17.5 Å². The zero-order valence-corrected chi connectivity index (χ0v) is 14.8. The Kier molecular flexibility index (Phi) is 3.72. The van der Waals surface area contributed by atoms with Crippen LogP contribution in [0.15, 0.2) is 34.9 Å². The molecule has 0 amide bonds. The Hall–Kier alpha value is -2.48. The maximum Gasteiger partial charge on any atom is 0.200 e. The molecule has 0 N–H and O–H groups in total. The maximum absolute atomic E-state index is 11.9. The number of hydrogen-bond donors (Lipinski definition) is 0. The van der Waals surface area contributed by atoms with Crippen LogP contribution in [-0.4, -0.2) is 39.7 Å². The molecule has 1 aliphatic rings. The first-order chi connectivity index (χ1) is 11.9. The van der Waals surface area contributed by atoms with Crippen molar-refractivity contribution in [3.63, 3.8) is 0 Å². The first-order valence-corrected chi connectivity index (χ1v) is 9.91. The number of rotatable bonds is 3. The molecule has 4 heterocycles. The van der Waals surface area contributed by atoms with Crippen LogP contribution in [0.5, 0.6) is 0 Å². The van der Waals surface area contributed by atoms with Crippen LogP contribution in [0, 0.1) is 13.8 Å². The number of aryl methyl sites for hydroxylation is 2. The molecule has 8 heteroatoms. The average Bonchev–Trinajstić information content (AvgIpc) is 3.24. The van der Waals surface area contributed by atoms with Crippen molar-refractivity contribution in [1.29, 1.82) is 0 Å².